The van der Waals surface area contributed by atoms with Gasteiger partial charge < -0.3 is 8.85 Å². The maximum absolute atomic E-state index is 13.7. The van der Waals surface area contributed by atoms with Gasteiger partial charge in [0.1, 0.15) is 6.34 Å². The molecule has 1 aromatic rings. The third-order valence-electron chi connectivity index (χ3n) is 2.20. The number of hydrazone groups is 1. The molecule has 0 saturated carbocycles. The van der Waals surface area contributed by atoms with Crippen LogP contribution in [0.25, 0.3) is 0 Å². The molecule has 2 heterocycles. The molecule has 0 aliphatic carbocycles. The van der Waals surface area contributed by atoms with Crippen LogP contribution in [-0.4, -0.2) is 27.5 Å². The van der Waals surface area contributed by atoms with Crippen LogP contribution in [0.1, 0.15) is 5.56 Å². The summed E-state index contributed by atoms with van der Waals surface area (Å²) in [6.45, 7) is 1.68. The first-order valence-electron chi connectivity index (χ1n) is 4.79. The van der Waals surface area contributed by atoms with Crippen LogP contribution in [0, 0.1) is 5.82 Å². The maximum Gasteiger partial charge on any atom is 0.185 e. The lowest BCUT2D eigenvalue weighted by molar-refractivity contribution is 0.590. The molecule has 0 fully saturated rings. The van der Waals surface area contributed by atoms with E-state index in [1.165, 1.54) is 6.07 Å². The van der Waals surface area contributed by atoms with Crippen molar-refractivity contribution in [1.29, 1.82) is 0 Å². The van der Waals surface area contributed by atoms with Gasteiger partial charge in [0.25, 0.3) is 0 Å². The Morgan fingerprint density at radius 1 is 1.50 bits per heavy atom. The predicted octanol–water partition coefficient (Wildman–Crippen LogP) is 1.09. The second-order valence-corrected chi connectivity index (χ2v) is 4.57. The predicted molar refractivity (Wildman–Crippen MR) is 68.7 cm³/mol. The zero-order valence-corrected chi connectivity index (χ0v) is 10.6. The average molecular weight is 335 g/mol. The molecule has 0 unspecified atom stereocenters. The zero-order chi connectivity index (χ0) is 11.5. The summed E-state index contributed by atoms with van der Waals surface area (Å²) in [5.74, 6) is -0.139. The van der Waals surface area contributed by atoms with E-state index in [1.54, 1.807) is 17.5 Å². The van der Waals surface area contributed by atoms with E-state index in [2.05, 4.69) is 32.9 Å². The molecule has 0 aromatic carbocycles. The van der Waals surface area contributed by atoms with Gasteiger partial charge in [-0.1, -0.05) is 0 Å². The van der Waals surface area contributed by atoms with Crippen molar-refractivity contribution < 1.29 is 4.39 Å². The number of nitrogens with two attached hydrogens (primary N) is 1. The second-order valence-electron chi connectivity index (χ2n) is 3.33. The van der Waals surface area contributed by atoms with Gasteiger partial charge in [0.05, 0.1) is 29.4 Å². The minimum Gasteiger partial charge on any atom is -0.326 e. The summed E-state index contributed by atoms with van der Waals surface area (Å²) in [4.78, 5) is 4.03. The zero-order valence-electron chi connectivity index (χ0n) is 8.48. The van der Waals surface area contributed by atoms with Crippen molar-refractivity contribution >= 4 is 35.0 Å². The summed E-state index contributed by atoms with van der Waals surface area (Å²) >= 11 is 2.13. The third kappa shape index (κ3) is 2.40. The largest absolute Gasteiger partial charge is 0.326 e. The molecular weight excluding hydrogens is 324 g/mol. The van der Waals surface area contributed by atoms with Gasteiger partial charge in [-0.25, -0.2) is 14.4 Å². The van der Waals surface area contributed by atoms with Crippen LogP contribution >= 0.6 is 22.9 Å². The fraction of sp³-hybridized carbons (Fsp3) is 0.333. The SMILES string of the molecule is NCc1cnc(N2CCN(I)C=N2)c(F)c1. The molecule has 0 bridgehead atoms. The lowest BCUT2D eigenvalue weighted by atomic mass is 10.3. The number of anilines is 1. The molecule has 2 rings (SSSR count). The van der Waals surface area contributed by atoms with Crippen molar-refractivity contribution in [2.75, 3.05) is 18.1 Å². The third-order valence-corrected chi connectivity index (χ3v) is 2.93. The Labute approximate surface area is 107 Å². The van der Waals surface area contributed by atoms with Crippen LogP contribution in [0.3, 0.4) is 0 Å². The van der Waals surface area contributed by atoms with Crippen molar-refractivity contribution in [1.82, 2.24) is 8.10 Å². The summed E-state index contributed by atoms with van der Waals surface area (Å²) in [6.07, 6.45) is 3.21. The first-order valence-corrected chi connectivity index (χ1v) is 5.75. The molecular formula is C9H11FIN5. The molecule has 86 valence electrons. The number of rotatable bonds is 2. The quantitative estimate of drug-likeness (QED) is 0.650. The molecule has 1 aliphatic rings. The van der Waals surface area contributed by atoms with E-state index >= 15 is 0 Å². The van der Waals surface area contributed by atoms with Gasteiger partial charge in [-0.15, -0.1) is 0 Å². The Bertz CT molecular complexity index is 411. The van der Waals surface area contributed by atoms with E-state index in [0.717, 1.165) is 6.54 Å². The van der Waals surface area contributed by atoms with Crippen molar-refractivity contribution in [3.05, 3.63) is 23.6 Å². The topological polar surface area (TPSA) is 57.8 Å². The number of pyridine rings is 1. The lowest BCUT2D eigenvalue weighted by Gasteiger charge is -2.25. The number of hydrogen-bond acceptors (Lipinski definition) is 5. The fourth-order valence-corrected chi connectivity index (χ4v) is 1.68. The van der Waals surface area contributed by atoms with E-state index in [9.17, 15) is 4.39 Å². The number of nitrogens with zero attached hydrogens (tertiary/aromatic N) is 4. The van der Waals surface area contributed by atoms with Gasteiger partial charge in [-0.3, -0.25) is 0 Å². The van der Waals surface area contributed by atoms with Gasteiger partial charge in [0.15, 0.2) is 11.6 Å². The molecule has 16 heavy (non-hydrogen) atoms. The van der Waals surface area contributed by atoms with E-state index in [1.807, 2.05) is 3.11 Å². The van der Waals surface area contributed by atoms with Gasteiger partial charge in [-0.2, -0.15) is 5.10 Å². The smallest absolute Gasteiger partial charge is 0.185 e. The minimum atomic E-state index is -0.387. The van der Waals surface area contributed by atoms with Crippen molar-refractivity contribution in [3.8, 4) is 0 Å². The Balaban J connectivity index is 2.24. The van der Waals surface area contributed by atoms with Crippen LogP contribution in [0.2, 0.25) is 0 Å². The number of halogens is 2. The van der Waals surface area contributed by atoms with Gasteiger partial charge in [0, 0.05) is 19.3 Å². The number of hydrogen-bond donors (Lipinski definition) is 1. The summed E-state index contributed by atoms with van der Waals surface area (Å²) in [6, 6.07) is 1.40. The fourth-order valence-electron chi connectivity index (χ4n) is 1.36. The Morgan fingerprint density at radius 2 is 2.31 bits per heavy atom. The van der Waals surface area contributed by atoms with Gasteiger partial charge >= 0.3 is 0 Å². The summed E-state index contributed by atoms with van der Waals surface area (Å²) in [7, 11) is 0. The average Bonchev–Trinajstić information content (AvgIpc) is 2.30. The molecule has 0 amide bonds. The molecule has 2 N–H and O–H groups in total. The van der Waals surface area contributed by atoms with Crippen molar-refractivity contribution in [3.63, 3.8) is 0 Å². The van der Waals surface area contributed by atoms with Crippen LogP contribution < -0.4 is 10.7 Å². The molecule has 5 nitrogen and oxygen atoms in total. The molecule has 0 spiro atoms. The van der Waals surface area contributed by atoms with Crippen molar-refractivity contribution in [2.45, 2.75) is 6.54 Å². The summed E-state index contributed by atoms with van der Waals surface area (Å²) in [5.41, 5.74) is 6.09. The maximum atomic E-state index is 13.7. The Kier molecular flexibility index (Phi) is 3.54. The molecule has 7 heteroatoms. The first-order chi connectivity index (χ1) is 7.70. The van der Waals surface area contributed by atoms with Gasteiger partial charge in [0.2, 0.25) is 0 Å². The molecule has 0 saturated heterocycles. The summed E-state index contributed by atoms with van der Waals surface area (Å²) in [5, 5.41) is 5.64. The monoisotopic (exact) mass is 335 g/mol. The van der Waals surface area contributed by atoms with Crippen LogP contribution in [0.4, 0.5) is 10.2 Å². The highest BCUT2D eigenvalue weighted by molar-refractivity contribution is 14.1. The van der Waals surface area contributed by atoms with E-state index < -0.39 is 0 Å². The van der Waals surface area contributed by atoms with E-state index in [0.29, 0.717) is 12.1 Å². The highest BCUT2D eigenvalue weighted by atomic mass is 127. The second kappa shape index (κ2) is 4.91. The standard InChI is InChI=1S/C9H11FIN5/c10-8-3-7(4-12)5-13-9(8)16-2-1-15(11)6-14-16/h3,5-6H,1-2,4,12H2. The van der Waals surface area contributed by atoms with E-state index in [-0.39, 0.29) is 18.2 Å². The molecule has 0 radical (unpaired) electrons. The molecule has 1 aliphatic heterocycles. The lowest BCUT2D eigenvalue weighted by Crippen LogP contribution is -2.33. The minimum absolute atomic E-state index is 0.248. The van der Waals surface area contributed by atoms with E-state index in [4.69, 9.17) is 5.73 Å². The Morgan fingerprint density at radius 3 is 2.88 bits per heavy atom. The number of aromatic nitrogens is 1. The summed E-state index contributed by atoms with van der Waals surface area (Å²) < 4.78 is 15.6. The van der Waals surface area contributed by atoms with Gasteiger partial charge in [-0.05, 0) is 11.6 Å². The highest BCUT2D eigenvalue weighted by Gasteiger charge is 2.16. The van der Waals surface area contributed by atoms with Crippen LogP contribution in [-0.2, 0) is 6.54 Å². The molecule has 1 aromatic heterocycles. The van der Waals surface area contributed by atoms with Crippen LogP contribution in [0.5, 0.6) is 0 Å². The normalized spacial score (nSPS) is 15.7. The highest BCUT2D eigenvalue weighted by Crippen LogP contribution is 2.19. The first kappa shape index (κ1) is 11.5. The Hall–Kier alpha value is -0.960. The van der Waals surface area contributed by atoms with Crippen molar-refractivity contribution in [2.24, 2.45) is 10.8 Å². The molecule has 0 atom stereocenters. The van der Waals surface area contributed by atoms with Crippen LogP contribution in [0.15, 0.2) is 17.4 Å².